The molecule has 1 atom stereocenters. The Kier molecular flexibility index (Phi) is 5.27. The van der Waals surface area contributed by atoms with E-state index >= 15 is 0 Å². The van der Waals surface area contributed by atoms with E-state index in [0.29, 0.717) is 22.2 Å². The molecule has 0 aliphatic heterocycles. The molecule has 3 nitrogen and oxygen atoms in total. The predicted octanol–water partition coefficient (Wildman–Crippen LogP) is 3.48. The average Bonchev–Trinajstić information content (AvgIpc) is 2.48. The lowest BCUT2D eigenvalue weighted by Gasteiger charge is -2.18. The van der Waals surface area contributed by atoms with E-state index in [1.54, 1.807) is 24.3 Å². The Bertz CT molecular complexity index is 637. The number of benzene rings is 2. The van der Waals surface area contributed by atoms with Crippen molar-refractivity contribution in [2.75, 3.05) is 7.11 Å². The van der Waals surface area contributed by atoms with Crippen molar-refractivity contribution in [1.29, 1.82) is 0 Å². The summed E-state index contributed by atoms with van der Waals surface area (Å²) in [7, 11) is 1.48. The molecule has 0 fully saturated rings. The van der Waals surface area contributed by atoms with Gasteiger partial charge in [-0.3, -0.25) is 11.3 Å². The maximum atomic E-state index is 14.1. The molecule has 0 saturated carbocycles. The van der Waals surface area contributed by atoms with E-state index in [1.807, 2.05) is 0 Å². The van der Waals surface area contributed by atoms with Gasteiger partial charge in [0.15, 0.2) is 0 Å². The summed E-state index contributed by atoms with van der Waals surface area (Å²) in [5.41, 5.74) is 3.85. The summed E-state index contributed by atoms with van der Waals surface area (Å²) < 4.78 is 32.6. The van der Waals surface area contributed by atoms with Crippen molar-refractivity contribution in [2.45, 2.75) is 12.5 Å². The topological polar surface area (TPSA) is 47.3 Å². The van der Waals surface area contributed by atoms with Gasteiger partial charge in [-0.2, -0.15) is 0 Å². The van der Waals surface area contributed by atoms with Crippen LogP contribution in [-0.2, 0) is 6.42 Å². The van der Waals surface area contributed by atoms with E-state index in [4.69, 9.17) is 10.6 Å². The molecule has 0 saturated heterocycles. The lowest BCUT2D eigenvalue weighted by Crippen LogP contribution is -2.30. The molecule has 1 unspecified atom stereocenters. The van der Waals surface area contributed by atoms with Gasteiger partial charge in [0.2, 0.25) is 0 Å². The van der Waals surface area contributed by atoms with Crippen molar-refractivity contribution in [3.05, 3.63) is 63.6 Å². The van der Waals surface area contributed by atoms with Crippen LogP contribution in [0.2, 0.25) is 0 Å². The van der Waals surface area contributed by atoms with Gasteiger partial charge in [-0.05, 0) is 46.1 Å². The number of rotatable bonds is 5. The van der Waals surface area contributed by atoms with E-state index in [1.165, 1.54) is 19.2 Å². The highest BCUT2D eigenvalue weighted by molar-refractivity contribution is 9.10. The van der Waals surface area contributed by atoms with Crippen molar-refractivity contribution >= 4 is 15.9 Å². The molecule has 0 bridgehead atoms. The Labute approximate surface area is 130 Å². The summed E-state index contributed by atoms with van der Waals surface area (Å²) in [5, 5.41) is 0. The van der Waals surface area contributed by atoms with E-state index < -0.39 is 11.9 Å². The summed E-state index contributed by atoms with van der Waals surface area (Å²) >= 11 is 3.13. The molecule has 0 aliphatic carbocycles. The summed E-state index contributed by atoms with van der Waals surface area (Å²) in [6, 6.07) is 8.83. The molecule has 21 heavy (non-hydrogen) atoms. The standard InChI is InChI=1S/C15H15BrF2N2O/c1-21-10-3-4-11(14(18)8-10)15(20-19)7-9-2-5-13(17)12(16)6-9/h2-6,8,15,20H,7,19H2,1H3. The molecule has 0 amide bonds. The summed E-state index contributed by atoms with van der Waals surface area (Å²) in [4.78, 5) is 0. The molecule has 112 valence electrons. The van der Waals surface area contributed by atoms with Crippen molar-refractivity contribution in [3.8, 4) is 5.75 Å². The molecule has 0 aromatic heterocycles. The van der Waals surface area contributed by atoms with E-state index in [2.05, 4.69) is 21.4 Å². The maximum Gasteiger partial charge on any atom is 0.137 e. The molecule has 6 heteroatoms. The van der Waals surface area contributed by atoms with Crippen molar-refractivity contribution in [1.82, 2.24) is 5.43 Å². The quantitative estimate of drug-likeness (QED) is 0.636. The van der Waals surface area contributed by atoms with Crippen molar-refractivity contribution in [3.63, 3.8) is 0 Å². The highest BCUT2D eigenvalue weighted by atomic mass is 79.9. The van der Waals surface area contributed by atoms with Crippen LogP contribution in [0.4, 0.5) is 8.78 Å². The number of ether oxygens (including phenoxy) is 1. The van der Waals surface area contributed by atoms with Crippen LogP contribution in [0, 0.1) is 11.6 Å². The second-order valence-corrected chi connectivity index (χ2v) is 5.41. The van der Waals surface area contributed by atoms with Crippen LogP contribution in [0.1, 0.15) is 17.2 Å². The van der Waals surface area contributed by atoms with Gasteiger partial charge in [0.1, 0.15) is 17.4 Å². The van der Waals surface area contributed by atoms with Crippen molar-refractivity contribution < 1.29 is 13.5 Å². The first-order valence-corrected chi connectivity index (χ1v) is 7.08. The van der Waals surface area contributed by atoms with Gasteiger partial charge in [-0.25, -0.2) is 8.78 Å². The van der Waals surface area contributed by atoms with Crippen LogP contribution in [0.3, 0.4) is 0 Å². The number of nitrogens with two attached hydrogens (primary N) is 1. The molecule has 0 aliphatic rings. The van der Waals surface area contributed by atoms with Gasteiger partial charge in [-0.15, -0.1) is 0 Å². The van der Waals surface area contributed by atoms with Crippen LogP contribution < -0.4 is 16.0 Å². The lowest BCUT2D eigenvalue weighted by molar-refractivity contribution is 0.409. The molecular weight excluding hydrogens is 342 g/mol. The molecule has 2 rings (SSSR count). The van der Waals surface area contributed by atoms with Gasteiger partial charge < -0.3 is 4.74 Å². The summed E-state index contributed by atoms with van der Waals surface area (Å²) in [6.45, 7) is 0. The SMILES string of the molecule is COc1ccc(C(Cc2ccc(F)c(Br)c2)NN)c(F)c1. The third-order valence-corrected chi connectivity index (χ3v) is 3.82. The zero-order valence-electron chi connectivity index (χ0n) is 11.4. The number of hydrogen-bond acceptors (Lipinski definition) is 3. The number of methoxy groups -OCH3 is 1. The van der Waals surface area contributed by atoms with Crippen LogP contribution in [-0.4, -0.2) is 7.11 Å². The van der Waals surface area contributed by atoms with E-state index in [-0.39, 0.29) is 5.82 Å². The third-order valence-electron chi connectivity index (χ3n) is 3.21. The summed E-state index contributed by atoms with van der Waals surface area (Å²) in [5.74, 6) is 5.22. The Balaban J connectivity index is 2.25. The van der Waals surface area contributed by atoms with Gasteiger partial charge in [0.05, 0.1) is 17.6 Å². The molecule has 0 spiro atoms. The fourth-order valence-corrected chi connectivity index (χ4v) is 2.50. The Morgan fingerprint density at radius 3 is 2.52 bits per heavy atom. The molecule has 2 aromatic carbocycles. The lowest BCUT2D eigenvalue weighted by atomic mass is 9.99. The smallest absolute Gasteiger partial charge is 0.137 e. The first kappa shape index (κ1) is 15.9. The highest BCUT2D eigenvalue weighted by Crippen LogP contribution is 2.26. The van der Waals surface area contributed by atoms with Crippen LogP contribution >= 0.6 is 15.9 Å². The zero-order valence-corrected chi connectivity index (χ0v) is 13.0. The highest BCUT2D eigenvalue weighted by Gasteiger charge is 2.16. The van der Waals surface area contributed by atoms with Crippen LogP contribution in [0.5, 0.6) is 5.75 Å². The zero-order chi connectivity index (χ0) is 15.4. The second kappa shape index (κ2) is 6.98. The Hall–Kier alpha value is -1.50. The predicted molar refractivity (Wildman–Crippen MR) is 80.8 cm³/mol. The Morgan fingerprint density at radius 2 is 1.95 bits per heavy atom. The number of hydrogen-bond donors (Lipinski definition) is 2. The molecule has 0 radical (unpaired) electrons. The monoisotopic (exact) mass is 356 g/mol. The third kappa shape index (κ3) is 3.78. The van der Waals surface area contributed by atoms with Crippen molar-refractivity contribution in [2.24, 2.45) is 5.84 Å². The minimum Gasteiger partial charge on any atom is -0.497 e. The molecular formula is C15H15BrF2N2O. The molecule has 0 heterocycles. The van der Waals surface area contributed by atoms with Gasteiger partial charge >= 0.3 is 0 Å². The fourth-order valence-electron chi connectivity index (χ4n) is 2.08. The number of hydrazine groups is 1. The van der Waals surface area contributed by atoms with Gasteiger partial charge in [0.25, 0.3) is 0 Å². The summed E-state index contributed by atoms with van der Waals surface area (Å²) in [6.07, 6.45) is 0.429. The first-order chi connectivity index (χ1) is 10.0. The van der Waals surface area contributed by atoms with E-state index in [9.17, 15) is 8.78 Å². The van der Waals surface area contributed by atoms with Gasteiger partial charge in [0, 0.05) is 11.6 Å². The van der Waals surface area contributed by atoms with E-state index in [0.717, 1.165) is 5.56 Å². The second-order valence-electron chi connectivity index (χ2n) is 4.56. The Morgan fingerprint density at radius 1 is 1.19 bits per heavy atom. The maximum absolute atomic E-state index is 14.1. The van der Waals surface area contributed by atoms with Gasteiger partial charge in [-0.1, -0.05) is 12.1 Å². The largest absolute Gasteiger partial charge is 0.497 e. The molecule has 2 aromatic rings. The first-order valence-electron chi connectivity index (χ1n) is 6.28. The fraction of sp³-hybridized carbons (Fsp3) is 0.200. The normalized spacial score (nSPS) is 12.2. The number of nitrogens with one attached hydrogen (secondary N) is 1. The minimum absolute atomic E-state index is 0.341. The van der Waals surface area contributed by atoms with Crippen LogP contribution in [0.25, 0.3) is 0 Å². The molecule has 3 N–H and O–H groups in total. The average molecular weight is 357 g/mol. The number of halogens is 3. The van der Waals surface area contributed by atoms with Crippen LogP contribution in [0.15, 0.2) is 40.9 Å². The minimum atomic E-state index is -0.423.